The standard InChI is InChI=1S/C14H14ClN3O2/c15-7-13-16-17-14(9-2-1-3-9)18(13)10-4-5-11-12(6-10)20-8-19-11/h4-6,9H,1-3,7-8H2. The first-order chi connectivity index (χ1) is 9.86. The molecule has 2 aromatic rings. The number of aromatic nitrogens is 3. The minimum atomic E-state index is 0.277. The van der Waals surface area contributed by atoms with E-state index in [1.807, 2.05) is 18.2 Å². The van der Waals surface area contributed by atoms with Crippen LogP contribution in [0.25, 0.3) is 5.69 Å². The molecule has 5 nitrogen and oxygen atoms in total. The quantitative estimate of drug-likeness (QED) is 0.816. The molecular weight excluding hydrogens is 278 g/mol. The fourth-order valence-electron chi connectivity index (χ4n) is 2.65. The van der Waals surface area contributed by atoms with Gasteiger partial charge in [-0.15, -0.1) is 21.8 Å². The van der Waals surface area contributed by atoms with Crippen LogP contribution in [0.1, 0.15) is 36.8 Å². The zero-order chi connectivity index (χ0) is 13.5. The van der Waals surface area contributed by atoms with Gasteiger partial charge in [0, 0.05) is 12.0 Å². The van der Waals surface area contributed by atoms with E-state index in [2.05, 4.69) is 14.8 Å². The summed E-state index contributed by atoms with van der Waals surface area (Å²) in [6, 6.07) is 5.87. The Morgan fingerprint density at radius 2 is 2.05 bits per heavy atom. The number of fused-ring (bicyclic) bond motifs is 1. The molecule has 1 aliphatic heterocycles. The number of ether oxygens (including phenoxy) is 2. The topological polar surface area (TPSA) is 49.2 Å². The first-order valence-corrected chi connectivity index (χ1v) is 7.30. The van der Waals surface area contributed by atoms with Gasteiger partial charge in [-0.1, -0.05) is 6.42 Å². The molecule has 0 bridgehead atoms. The highest BCUT2D eigenvalue weighted by Gasteiger charge is 2.27. The average molecular weight is 292 g/mol. The Morgan fingerprint density at radius 1 is 1.20 bits per heavy atom. The monoisotopic (exact) mass is 291 g/mol. The van der Waals surface area contributed by atoms with Crippen LogP contribution in [0.15, 0.2) is 18.2 Å². The molecule has 0 unspecified atom stereocenters. The first kappa shape index (κ1) is 12.0. The molecule has 0 N–H and O–H groups in total. The van der Waals surface area contributed by atoms with Crippen LogP contribution in [-0.2, 0) is 5.88 Å². The third-order valence-electron chi connectivity index (χ3n) is 3.96. The zero-order valence-corrected chi connectivity index (χ0v) is 11.6. The van der Waals surface area contributed by atoms with Gasteiger partial charge < -0.3 is 9.47 Å². The largest absolute Gasteiger partial charge is 0.454 e. The van der Waals surface area contributed by atoms with Gasteiger partial charge in [0.15, 0.2) is 17.3 Å². The van der Waals surface area contributed by atoms with Crippen LogP contribution in [0.4, 0.5) is 0 Å². The molecule has 1 aromatic heterocycles. The van der Waals surface area contributed by atoms with Gasteiger partial charge in [-0.05, 0) is 25.0 Å². The Balaban J connectivity index is 1.82. The summed E-state index contributed by atoms with van der Waals surface area (Å²) in [6.45, 7) is 0.277. The van der Waals surface area contributed by atoms with Gasteiger partial charge >= 0.3 is 0 Å². The molecule has 0 spiro atoms. The molecule has 104 valence electrons. The summed E-state index contributed by atoms with van der Waals surface area (Å²) in [5, 5.41) is 8.55. The summed E-state index contributed by atoms with van der Waals surface area (Å²) >= 11 is 6.00. The zero-order valence-electron chi connectivity index (χ0n) is 10.9. The maximum Gasteiger partial charge on any atom is 0.231 e. The highest BCUT2D eigenvalue weighted by atomic mass is 35.5. The van der Waals surface area contributed by atoms with Gasteiger partial charge in [0.2, 0.25) is 6.79 Å². The van der Waals surface area contributed by atoms with Crippen molar-refractivity contribution < 1.29 is 9.47 Å². The van der Waals surface area contributed by atoms with Crippen molar-refractivity contribution in [1.82, 2.24) is 14.8 Å². The number of hydrogen-bond donors (Lipinski definition) is 0. The fourth-order valence-corrected chi connectivity index (χ4v) is 2.83. The molecule has 1 aliphatic carbocycles. The molecule has 1 aromatic carbocycles. The van der Waals surface area contributed by atoms with Crippen molar-refractivity contribution in [1.29, 1.82) is 0 Å². The SMILES string of the molecule is ClCc1nnc(C2CCC2)n1-c1ccc2c(c1)OCO2. The summed E-state index contributed by atoms with van der Waals surface area (Å²) in [6.07, 6.45) is 3.60. The van der Waals surface area contributed by atoms with E-state index in [4.69, 9.17) is 21.1 Å². The van der Waals surface area contributed by atoms with Crippen molar-refractivity contribution in [3.05, 3.63) is 29.8 Å². The van der Waals surface area contributed by atoms with Crippen LogP contribution in [-0.4, -0.2) is 21.6 Å². The molecule has 20 heavy (non-hydrogen) atoms. The van der Waals surface area contributed by atoms with Gasteiger partial charge in [-0.25, -0.2) is 0 Å². The molecule has 2 aliphatic rings. The third-order valence-corrected chi connectivity index (χ3v) is 4.20. The van der Waals surface area contributed by atoms with Crippen molar-refractivity contribution >= 4 is 11.6 Å². The third kappa shape index (κ3) is 1.77. The van der Waals surface area contributed by atoms with Gasteiger partial charge in [0.05, 0.1) is 11.6 Å². The molecule has 4 rings (SSSR count). The lowest BCUT2D eigenvalue weighted by Gasteiger charge is -2.25. The summed E-state index contributed by atoms with van der Waals surface area (Å²) in [5.41, 5.74) is 0.983. The highest BCUT2D eigenvalue weighted by molar-refractivity contribution is 6.16. The van der Waals surface area contributed by atoms with E-state index >= 15 is 0 Å². The number of halogens is 1. The summed E-state index contributed by atoms with van der Waals surface area (Å²) in [7, 11) is 0. The lowest BCUT2D eigenvalue weighted by Crippen LogP contribution is -2.15. The van der Waals surface area contributed by atoms with Gasteiger partial charge in [0.25, 0.3) is 0 Å². The number of alkyl halides is 1. The van der Waals surface area contributed by atoms with Crippen molar-refractivity contribution in [2.24, 2.45) is 0 Å². The molecule has 0 atom stereocenters. The minimum Gasteiger partial charge on any atom is -0.454 e. The number of nitrogens with zero attached hydrogens (tertiary/aromatic N) is 3. The van der Waals surface area contributed by atoms with Crippen molar-refractivity contribution in [3.8, 4) is 17.2 Å². The normalized spacial score (nSPS) is 17.2. The van der Waals surface area contributed by atoms with Crippen molar-refractivity contribution in [3.63, 3.8) is 0 Å². The second-order valence-electron chi connectivity index (χ2n) is 5.11. The molecular formula is C14H14ClN3O2. The summed E-state index contributed by atoms with van der Waals surface area (Å²) < 4.78 is 12.8. The van der Waals surface area contributed by atoms with Crippen LogP contribution in [0.3, 0.4) is 0 Å². The molecule has 0 radical (unpaired) electrons. The predicted molar refractivity (Wildman–Crippen MR) is 73.6 cm³/mol. The van der Waals surface area contributed by atoms with Gasteiger partial charge in [-0.2, -0.15) is 0 Å². The van der Waals surface area contributed by atoms with Crippen molar-refractivity contribution in [2.75, 3.05) is 6.79 Å². The van der Waals surface area contributed by atoms with Crippen LogP contribution >= 0.6 is 11.6 Å². The van der Waals surface area contributed by atoms with E-state index in [1.54, 1.807) is 0 Å². The Labute approximate surface area is 121 Å². The van der Waals surface area contributed by atoms with Crippen LogP contribution in [0.2, 0.25) is 0 Å². The molecule has 0 amide bonds. The maximum atomic E-state index is 6.00. The molecule has 6 heteroatoms. The van der Waals surface area contributed by atoms with Crippen LogP contribution < -0.4 is 9.47 Å². The van der Waals surface area contributed by atoms with Crippen LogP contribution in [0.5, 0.6) is 11.5 Å². The molecule has 2 heterocycles. The lowest BCUT2D eigenvalue weighted by atomic mass is 9.85. The van der Waals surface area contributed by atoms with Gasteiger partial charge in [0.1, 0.15) is 5.82 Å². The molecule has 1 fully saturated rings. The average Bonchev–Trinajstić information content (AvgIpc) is 3.01. The fraction of sp³-hybridized carbons (Fsp3) is 0.429. The minimum absolute atomic E-state index is 0.277. The Hall–Kier alpha value is -1.75. The second-order valence-corrected chi connectivity index (χ2v) is 5.38. The van der Waals surface area contributed by atoms with E-state index in [0.717, 1.165) is 28.8 Å². The number of hydrogen-bond acceptors (Lipinski definition) is 4. The lowest BCUT2D eigenvalue weighted by molar-refractivity contribution is 0.174. The Morgan fingerprint density at radius 3 is 2.80 bits per heavy atom. The molecule has 0 saturated heterocycles. The van der Waals surface area contributed by atoms with Gasteiger partial charge in [-0.3, -0.25) is 4.57 Å². The Bertz CT molecular complexity index is 652. The van der Waals surface area contributed by atoms with E-state index in [1.165, 1.54) is 19.3 Å². The maximum absolute atomic E-state index is 6.00. The van der Waals surface area contributed by atoms with E-state index in [0.29, 0.717) is 11.8 Å². The Kier molecular flexibility index (Phi) is 2.80. The van der Waals surface area contributed by atoms with Crippen molar-refractivity contribution in [2.45, 2.75) is 31.1 Å². The first-order valence-electron chi connectivity index (χ1n) is 6.77. The van der Waals surface area contributed by atoms with E-state index in [-0.39, 0.29) is 6.79 Å². The number of benzene rings is 1. The van der Waals surface area contributed by atoms with E-state index in [9.17, 15) is 0 Å². The second kappa shape index (κ2) is 4.66. The summed E-state index contributed by atoms with van der Waals surface area (Å²) in [5.74, 6) is 4.15. The highest BCUT2D eigenvalue weighted by Crippen LogP contribution is 2.39. The van der Waals surface area contributed by atoms with E-state index < -0.39 is 0 Å². The predicted octanol–water partition coefficient (Wildman–Crippen LogP) is 3.00. The summed E-state index contributed by atoms with van der Waals surface area (Å²) in [4.78, 5) is 0. The smallest absolute Gasteiger partial charge is 0.231 e. The molecule has 1 saturated carbocycles. The van der Waals surface area contributed by atoms with Crippen LogP contribution in [0, 0.1) is 0 Å². The number of rotatable bonds is 3.